The molecular formula is C25H22N4O4S2. The standard InChI is InChI=1S/C25H22N4O4S2/c30-29(31)22-12-11-20(18-24(22)34-23-10-4-6-19-7-5-13-26-25(19)23)27-14-16-28(17-15-27)35(32,33)21-8-2-1-3-9-21/h1-13,18H,14-17H2. The Hall–Kier alpha value is -3.47. The van der Waals surface area contributed by atoms with Gasteiger partial charge in [0.1, 0.15) is 0 Å². The Morgan fingerprint density at radius 2 is 1.60 bits per heavy atom. The zero-order chi connectivity index (χ0) is 24.4. The van der Waals surface area contributed by atoms with Crippen molar-refractivity contribution in [1.82, 2.24) is 9.29 Å². The third kappa shape index (κ3) is 4.72. The molecule has 1 aliphatic heterocycles. The van der Waals surface area contributed by atoms with Crippen LogP contribution < -0.4 is 4.90 Å². The molecule has 0 atom stereocenters. The van der Waals surface area contributed by atoms with Gasteiger partial charge in [0, 0.05) is 54.4 Å². The molecule has 1 aromatic heterocycles. The van der Waals surface area contributed by atoms with Gasteiger partial charge in [0.2, 0.25) is 10.0 Å². The number of benzene rings is 3. The third-order valence-corrected chi connectivity index (χ3v) is 8.95. The molecule has 3 aromatic carbocycles. The number of aromatic nitrogens is 1. The first-order valence-corrected chi connectivity index (χ1v) is 13.3. The van der Waals surface area contributed by atoms with E-state index in [0.29, 0.717) is 31.1 Å². The summed E-state index contributed by atoms with van der Waals surface area (Å²) in [6, 6.07) is 23.1. The molecule has 1 fully saturated rings. The molecule has 0 unspecified atom stereocenters. The zero-order valence-electron chi connectivity index (χ0n) is 18.6. The molecule has 178 valence electrons. The lowest BCUT2D eigenvalue weighted by Gasteiger charge is -2.35. The van der Waals surface area contributed by atoms with Crippen LogP contribution in [0.1, 0.15) is 0 Å². The first-order valence-electron chi connectivity index (χ1n) is 11.0. The van der Waals surface area contributed by atoms with Gasteiger partial charge in [-0.25, -0.2) is 8.42 Å². The summed E-state index contributed by atoms with van der Waals surface area (Å²) in [6.07, 6.45) is 1.71. The van der Waals surface area contributed by atoms with E-state index in [-0.39, 0.29) is 15.5 Å². The van der Waals surface area contributed by atoms with Crippen molar-refractivity contribution in [3.8, 4) is 0 Å². The van der Waals surface area contributed by atoms with Crippen molar-refractivity contribution in [1.29, 1.82) is 0 Å². The minimum Gasteiger partial charge on any atom is -0.369 e. The van der Waals surface area contributed by atoms with E-state index in [1.165, 1.54) is 22.1 Å². The molecule has 0 spiro atoms. The molecule has 10 heteroatoms. The summed E-state index contributed by atoms with van der Waals surface area (Å²) in [5, 5.41) is 12.7. The number of hydrogen-bond acceptors (Lipinski definition) is 7. The van der Waals surface area contributed by atoms with Crippen LogP contribution in [0, 0.1) is 10.1 Å². The molecule has 0 saturated carbocycles. The van der Waals surface area contributed by atoms with Gasteiger partial charge in [-0.3, -0.25) is 15.1 Å². The van der Waals surface area contributed by atoms with Crippen molar-refractivity contribution in [3.05, 3.63) is 95.2 Å². The highest BCUT2D eigenvalue weighted by molar-refractivity contribution is 7.99. The van der Waals surface area contributed by atoms with Gasteiger partial charge in [-0.2, -0.15) is 4.31 Å². The molecule has 0 amide bonds. The Morgan fingerprint density at radius 1 is 0.857 bits per heavy atom. The molecule has 0 N–H and O–H groups in total. The molecule has 5 rings (SSSR count). The summed E-state index contributed by atoms with van der Waals surface area (Å²) in [6.45, 7) is 1.65. The van der Waals surface area contributed by atoms with Gasteiger partial charge in [0.25, 0.3) is 5.69 Å². The Balaban J connectivity index is 1.39. The van der Waals surface area contributed by atoms with E-state index in [1.54, 1.807) is 42.6 Å². The smallest absolute Gasteiger partial charge is 0.283 e. The molecule has 0 bridgehead atoms. The largest absolute Gasteiger partial charge is 0.369 e. The number of rotatable bonds is 6. The van der Waals surface area contributed by atoms with Crippen molar-refractivity contribution in [3.63, 3.8) is 0 Å². The second-order valence-electron chi connectivity index (χ2n) is 8.05. The van der Waals surface area contributed by atoms with Crippen LogP contribution in [-0.4, -0.2) is 48.8 Å². The average molecular weight is 507 g/mol. The van der Waals surface area contributed by atoms with Crippen molar-refractivity contribution in [2.24, 2.45) is 0 Å². The summed E-state index contributed by atoms with van der Waals surface area (Å²) in [7, 11) is -3.55. The molecule has 1 aliphatic rings. The van der Waals surface area contributed by atoms with E-state index in [9.17, 15) is 18.5 Å². The highest BCUT2D eigenvalue weighted by atomic mass is 32.2. The Morgan fingerprint density at radius 3 is 2.34 bits per heavy atom. The summed E-state index contributed by atoms with van der Waals surface area (Å²) >= 11 is 1.32. The van der Waals surface area contributed by atoms with Crippen LogP contribution in [0.2, 0.25) is 0 Å². The van der Waals surface area contributed by atoms with Crippen LogP contribution in [-0.2, 0) is 10.0 Å². The average Bonchev–Trinajstić information content (AvgIpc) is 2.89. The van der Waals surface area contributed by atoms with Gasteiger partial charge in [-0.15, -0.1) is 0 Å². The second kappa shape index (κ2) is 9.65. The Kier molecular flexibility index (Phi) is 6.42. The van der Waals surface area contributed by atoms with E-state index in [4.69, 9.17) is 0 Å². The number of para-hydroxylation sites is 1. The molecule has 0 radical (unpaired) electrons. The normalized spacial score (nSPS) is 14.8. The highest BCUT2D eigenvalue weighted by Crippen LogP contribution is 2.40. The number of nitrogens with zero attached hydrogens (tertiary/aromatic N) is 4. The molecule has 0 aliphatic carbocycles. The summed E-state index contributed by atoms with van der Waals surface area (Å²) in [5.74, 6) is 0. The number of nitro benzene ring substituents is 1. The molecular weight excluding hydrogens is 484 g/mol. The third-order valence-electron chi connectivity index (χ3n) is 5.94. The molecule has 35 heavy (non-hydrogen) atoms. The predicted octanol–water partition coefficient (Wildman–Crippen LogP) is 4.81. The van der Waals surface area contributed by atoms with E-state index in [0.717, 1.165) is 21.5 Å². The number of anilines is 1. The number of sulfonamides is 1. The predicted molar refractivity (Wildman–Crippen MR) is 136 cm³/mol. The van der Waals surface area contributed by atoms with Crippen LogP contribution in [0.25, 0.3) is 10.9 Å². The molecule has 4 aromatic rings. The summed E-state index contributed by atoms with van der Waals surface area (Å²) < 4.78 is 27.4. The number of pyridine rings is 1. The first-order chi connectivity index (χ1) is 16.9. The van der Waals surface area contributed by atoms with Gasteiger partial charge in [0.15, 0.2) is 0 Å². The monoisotopic (exact) mass is 506 g/mol. The van der Waals surface area contributed by atoms with Gasteiger partial charge < -0.3 is 4.90 Å². The van der Waals surface area contributed by atoms with Crippen molar-refractivity contribution in [2.75, 3.05) is 31.1 Å². The first kappa shape index (κ1) is 23.3. The SMILES string of the molecule is O=[N+]([O-])c1ccc(N2CCN(S(=O)(=O)c3ccccc3)CC2)cc1Sc1cccc2cccnc12. The maximum absolute atomic E-state index is 12.9. The van der Waals surface area contributed by atoms with E-state index in [1.807, 2.05) is 36.4 Å². The maximum atomic E-state index is 12.9. The fraction of sp³-hybridized carbons (Fsp3) is 0.160. The topological polar surface area (TPSA) is 96.6 Å². The van der Waals surface area contributed by atoms with E-state index < -0.39 is 10.0 Å². The minimum atomic E-state index is -3.55. The number of nitro groups is 1. The lowest BCUT2D eigenvalue weighted by molar-refractivity contribution is -0.387. The lowest BCUT2D eigenvalue weighted by atomic mass is 10.2. The lowest BCUT2D eigenvalue weighted by Crippen LogP contribution is -2.48. The van der Waals surface area contributed by atoms with Crippen LogP contribution in [0.3, 0.4) is 0 Å². The number of piperazine rings is 1. The van der Waals surface area contributed by atoms with E-state index in [2.05, 4.69) is 9.88 Å². The van der Waals surface area contributed by atoms with Gasteiger partial charge in [0.05, 0.1) is 20.2 Å². The molecule has 2 heterocycles. The van der Waals surface area contributed by atoms with Gasteiger partial charge in [-0.05, 0) is 36.4 Å². The fourth-order valence-electron chi connectivity index (χ4n) is 4.14. The van der Waals surface area contributed by atoms with Gasteiger partial charge in [-0.1, -0.05) is 48.2 Å². The molecule has 8 nitrogen and oxygen atoms in total. The van der Waals surface area contributed by atoms with Crippen molar-refractivity contribution in [2.45, 2.75) is 14.7 Å². The Bertz CT molecular complexity index is 1480. The maximum Gasteiger partial charge on any atom is 0.283 e. The highest BCUT2D eigenvalue weighted by Gasteiger charge is 2.29. The number of fused-ring (bicyclic) bond motifs is 1. The Labute approximate surface area is 207 Å². The summed E-state index contributed by atoms with van der Waals surface area (Å²) in [4.78, 5) is 19.5. The quantitative estimate of drug-likeness (QED) is 0.274. The van der Waals surface area contributed by atoms with Gasteiger partial charge >= 0.3 is 0 Å². The van der Waals surface area contributed by atoms with Crippen molar-refractivity contribution >= 4 is 44.1 Å². The van der Waals surface area contributed by atoms with Crippen molar-refractivity contribution < 1.29 is 13.3 Å². The zero-order valence-corrected chi connectivity index (χ0v) is 20.3. The van der Waals surface area contributed by atoms with Crippen LogP contribution in [0.5, 0.6) is 0 Å². The molecule has 1 saturated heterocycles. The number of hydrogen-bond donors (Lipinski definition) is 0. The minimum absolute atomic E-state index is 0.0250. The van der Waals surface area contributed by atoms with Crippen LogP contribution in [0.4, 0.5) is 11.4 Å². The summed E-state index contributed by atoms with van der Waals surface area (Å²) in [5.41, 5.74) is 1.64. The second-order valence-corrected chi connectivity index (χ2v) is 11.1. The van der Waals surface area contributed by atoms with Crippen LogP contribution in [0.15, 0.2) is 99.7 Å². The van der Waals surface area contributed by atoms with E-state index >= 15 is 0 Å². The fourth-order valence-corrected chi connectivity index (χ4v) is 6.66. The van der Waals surface area contributed by atoms with Crippen LogP contribution >= 0.6 is 11.8 Å².